The zero-order valence-electron chi connectivity index (χ0n) is 9.54. The summed E-state index contributed by atoms with van der Waals surface area (Å²) in [5.74, 6) is -2.28. The monoisotopic (exact) mass is 256 g/mol. The number of anilines is 1. The standard InChI is InChI=1S/C11H13FN2O4/c12-9-8(11(16)17)1-2-13-10(9)14-3-4-18-6-7(14)5-15/h1-2,7,15H,3-6H2,(H,16,17). The highest BCUT2D eigenvalue weighted by molar-refractivity contribution is 5.88. The molecule has 2 N–H and O–H groups in total. The first-order valence-corrected chi connectivity index (χ1v) is 5.48. The van der Waals surface area contributed by atoms with Crippen LogP contribution in [0.3, 0.4) is 0 Å². The number of carbonyl (C=O) groups is 1. The number of morpholine rings is 1. The molecular weight excluding hydrogens is 243 g/mol. The van der Waals surface area contributed by atoms with Gasteiger partial charge in [0.2, 0.25) is 0 Å². The van der Waals surface area contributed by atoms with E-state index in [1.165, 1.54) is 11.1 Å². The molecular formula is C11H13FN2O4. The summed E-state index contributed by atoms with van der Waals surface area (Å²) in [5.41, 5.74) is -0.428. The summed E-state index contributed by atoms with van der Waals surface area (Å²) >= 11 is 0. The average Bonchev–Trinajstić information content (AvgIpc) is 2.38. The number of hydrogen-bond acceptors (Lipinski definition) is 5. The molecule has 0 aromatic carbocycles. The SMILES string of the molecule is O=C(O)c1ccnc(N2CCOCC2CO)c1F. The molecule has 1 unspecified atom stereocenters. The van der Waals surface area contributed by atoms with Crippen molar-refractivity contribution in [2.75, 3.05) is 31.3 Å². The minimum atomic E-state index is -1.34. The number of aliphatic hydroxyl groups excluding tert-OH is 1. The van der Waals surface area contributed by atoms with Crippen LogP contribution in [0, 0.1) is 5.82 Å². The van der Waals surface area contributed by atoms with Gasteiger partial charge in [0.1, 0.15) is 5.56 Å². The zero-order valence-corrected chi connectivity index (χ0v) is 9.54. The Balaban J connectivity index is 2.37. The molecule has 0 bridgehead atoms. The second-order valence-electron chi connectivity index (χ2n) is 3.91. The van der Waals surface area contributed by atoms with Gasteiger partial charge in [-0.05, 0) is 6.07 Å². The highest BCUT2D eigenvalue weighted by atomic mass is 19.1. The van der Waals surface area contributed by atoms with E-state index in [4.69, 9.17) is 9.84 Å². The van der Waals surface area contributed by atoms with Crippen molar-refractivity contribution in [3.63, 3.8) is 0 Å². The van der Waals surface area contributed by atoms with Crippen LogP contribution in [0.2, 0.25) is 0 Å². The molecule has 0 amide bonds. The average molecular weight is 256 g/mol. The number of aliphatic hydroxyl groups is 1. The number of halogens is 1. The van der Waals surface area contributed by atoms with Crippen molar-refractivity contribution in [2.24, 2.45) is 0 Å². The van der Waals surface area contributed by atoms with E-state index in [2.05, 4.69) is 4.98 Å². The smallest absolute Gasteiger partial charge is 0.338 e. The molecule has 1 fully saturated rings. The lowest BCUT2D eigenvalue weighted by Crippen LogP contribution is -2.48. The predicted molar refractivity (Wildman–Crippen MR) is 60.2 cm³/mol. The molecule has 2 heterocycles. The van der Waals surface area contributed by atoms with Gasteiger partial charge < -0.3 is 19.8 Å². The third-order valence-electron chi connectivity index (χ3n) is 2.81. The first-order chi connectivity index (χ1) is 8.65. The van der Waals surface area contributed by atoms with Gasteiger partial charge in [-0.3, -0.25) is 0 Å². The quantitative estimate of drug-likeness (QED) is 0.799. The molecule has 18 heavy (non-hydrogen) atoms. The lowest BCUT2D eigenvalue weighted by atomic mass is 10.2. The molecule has 98 valence electrons. The molecule has 1 aliphatic heterocycles. The molecule has 6 nitrogen and oxygen atoms in total. The van der Waals surface area contributed by atoms with Gasteiger partial charge in [-0.15, -0.1) is 0 Å². The van der Waals surface area contributed by atoms with E-state index in [9.17, 15) is 14.3 Å². The first-order valence-electron chi connectivity index (χ1n) is 5.48. The van der Waals surface area contributed by atoms with E-state index >= 15 is 0 Å². The largest absolute Gasteiger partial charge is 0.478 e. The van der Waals surface area contributed by atoms with Crippen LogP contribution in [-0.4, -0.2) is 53.6 Å². The van der Waals surface area contributed by atoms with Gasteiger partial charge in [0, 0.05) is 12.7 Å². The fourth-order valence-electron chi connectivity index (χ4n) is 1.88. The zero-order chi connectivity index (χ0) is 13.1. The van der Waals surface area contributed by atoms with E-state index < -0.39 is 23.4 Å². The molecule has 0 radical (unpaired) electrons. The fourth-order valence-corrected chi connectivity index (χ4v) is 1.88. The molecule has 1 aromatic heterocycles. The maximum Gasteiger partial charge on any atom is 0.338 e. The Hall–Kier alpha value is -1.73. The van der Waals surface area contributed by atoms with Gasteiger partial charge in [-0.2, -0.15) is 0 Å². The third kappa shape index (κ3) is 2.27. The van der Waals surface area contributed by atoms with Crippen molar-refractivity contribution in [3.05, 3.63) is 23.6 Å². The highest BCUT2D eigenvalue weighted by Gasteiger charge is 2.27. The number of carboxylic acid groups (broad SMARTS) is 1. The molecule has 0 saturated carbocycles. The van der Waals surface area contributed by atoms with Crippen LogP contribution >= 0.6 is 0 Å². The Bertz CT molecular complexity index is 455. The van der Waals surface area contributed by atoms with Crippen LogP contribution in [0.4, 0.5) is 10.2 Å². The molecule has 1 saturated heterocycles. The van der Waals surface area contributed by atoms with E-state index in [0.717, 1.165) is 6.07 Å². The van der Waals surface area contributed by atoms with E-state index in [-0.39, 0.29) is 19.0 Å². The Morgan fingerprint density at radius 1 is 1.67 bits per heavy atom. The molecule has 0 aliphatic carbocycles. The predicted octanol–water partition coefficient (Wildman–Crippen LogP) is 0.116. The summed E-state index contributed by atoms with van der Waals surface area (Å²) in [6.07, 6.45) is 1.24. The lowest BCUT2D eigenvalue weighted by molar-refractivity contribution is 0.0689. The van der Waals surface area contributed by atoms with Crippen LogP contribution in [-0.2, 0) is 4.74 Å². The van der Waals surface area contributed by atoms with E-state index in [1.54, 1.807) is 0 Å². The first kappa shape index (κ1) is 12.7. The third-order valence-corrected chi connectivity index (χ3v) is 2.81. The van der Waals surface area contributed by atoms with Gasteiger partial charge in [0.15, 0.2) is 11.6 Å². The van der Waals surface area contributed by atoms with Gasteiger partial charge in [-0.1, -0.05) is 0 Å². The van der Waals surface area contributed by atoms with Gasteiger partial charge >= 0.3 is 5.97 Å². The summed E-state index contributed by atoms with van der Waals surface area (Å²) in [7, 11) is 0. The number of pyridine rings is 1. The molecule has 2 rings (SSSR count). The molecule has 7 heteroatoms. The minimum absolute atomic E-state index is 0.0581. The summed E-state index contributed by atoms with van der Waals surface area (Å²) in [6, 6.07) is 0.694. The maximum atomic E-state index is 14.0. The number of hydrogen-bond donors (Lipinski definition) is 2. The van der Waals surface area contributed by atoms with Crippen molar-refractivity contribution in [1.29, 1.82) is 0 Å². The second kappa shape index (κ2) is 5.28. The number of aromatic nitrogens is 1. The van der Waals surface area contributed by atoms with E-state index in [1.807, 2.05) is 0 Å². The summed E-state index contributed by atoms with van der Waals surface area (Å²) in [6.45, 7) is 0.792. The maximum absolute atomic E-state index is 14.0. The van der Waals surface area contributed by atoms with Crippen LogP contribution in [0.25, 0.3) is 0 Å². The summed E-state index contributed by atoms with van der Waals surface area (Å²) in [4.78, 5) is 16.2. The topological polar surface area (TPSA) is 82.9 Å². The fraction of sp³-hybridized carbons (Fsp3) is 0.455. The number of rotatable bonds is 3. The second-order valence-corrected chi connectivity index (χ2v) is 3.91. The molecule has 1 atom stereocenters. The Kier molecular flexibility index (Phi) is 3.73. The van der Waals surface area contributed by atoms with Crippen LogP contribution in [0.15, 0.2) is 12.3 Å². The summed E-state index contributed by atoms with van der Waals surface area (Å²) in [5, 5.41) is 18.1. The highest BCUT2D eigenvalue weighted by Crippen LogP contribution is 2.23. The van der Waals surface area contributed by atoms with Crippen molar-refractivity contribution in [1.82, 2.24) is 4.98 Å². The lowest BCUT2D eigenvalue weighted by Gasteiger charge is -2.35. The number of aromatic carboxylic acids is 1. The molecule has 1 aromatic rings. The Morgan fingerprint density at radius 2 is 2.44 bits per heavy atom. The van der Waals surface area contributed by atoms with Crippen LogP contribution in [0.5, 0.6) is 0 Å². The van der Waals surface area contributed by atoms with Crippen LogP contribution < -0.4 is 4.90 Å². The van der Waals surface area contributed by atoms with Crippen LogP contribution in [0.1, 0.15) is 10.4 Å². The summed E-state index contributed by atoms with van der Waals surface area (Å²) < 4.78 is 19.2. The van der Waals surface area contributed by atoms with E-state index in [0.29, 0.717) is 13.2 Å². The van der Waals surface area contributed by atoms with Gasteiger partial charge in [0.05, 0.1) is 25.9 Å². The van der Waals surface area contributed by atoms with Crippen molar-refractivity contribution in [3.8, 4) is 0 Å². The van der Waals surface area contributed by atoms with Gasteiger partial charge in [0.25, 0.3) is 0 Å². The normalized spacial score (nSPS) is 19.9. The number of nitrogens with zero attached hydrogens (tertiary/aromatic N) is 2. The number of carboxylic acids is 1. The van der Waals surface area contributed by atoms with Crippen molar-refractivity contribution >= 4 is 11.8 Å². The molecule has 0 spiro atoms. The van der Waals surface area contributed by atoms with Crippen molar-refractivity contribution in [2.45, 2.75) is 6.04 Å². The van der Waals surface area contributed by atoms with Gasteiger partial charge in [-0.25, -0.2) is 14.2 Å². The Morgan fingerprint density at radius 3 is 3.11 bits per heavy atom. The minimum Gasteiger partial charge on any atom is -0.478 e. The van der Waals surface area contributed by atoms with Crippen molar-refractivity contribution < 1.29 is 24.1 Å². The number of ether oxygens (including phenoxy) is 1. The Labute approximate surface area is 103 Å². The molecule has 1 aliphatic rings.